The third kappa shape index (κ3) is 6.60. The van der Waals surface area contributed by atoms with Crippen molar-refractivity contribution >= 4 is 21.8 Å². The standard InChI is InChI=1S/C16H19F2NO4S.C3H4N2O2/c17-12-2-4-15(14(18)10-12)24(21,22)13-3-1-11(9-13)16(20)19-5-7-23-8-6-19;4-1-2-5-3(6)7/h2,4,10-11,13H,1,3,5-9H2;5H,2H2,(H,6,7)/t11-,13-;/m1./s1. The average Bonchev–Trinajstić information content (AvgIpc) is 3.23. The molecule has 0 radical (unpaired) electrons. The number of morpholine rings is 1. The van der Waals surface area contributed by atoms with Crippen molar-refractivity contribution < 1.29 is 36.6 Å². The summed E-state index contributed by atoms with van der Waals surface area (Å²) in [5.74, 6) is -2.34. The molecular formula is C19H23F2N3O6S. The van der Waals surface area contributed by atoms with Crippen molar-refractivity contribution in [3.05, 3.63) is 29.8 Å². The molecule has 0 bridgehead atoms. The van der Waals surface area contributed by atoms with Crippen molar-refractivity contribution in [2.45, 2.75) is 29.4 Å². The van der Waals surface area contributed by atoms with E-state index in [1.54, 1.807) is 11.0 Å². The van der Waals surface area contributed by atoms with Crippen LogP contribution >= 0.6 is 0 Å². The normalized spacial score (nSPS) is 20.9. The van der Waals surface area contributed by atoms with Crippen LogP contribution in [0, 0.1) is 28.9 Å². The minimum Gasteiger partial charge on any atom is -0.465 e. The highest BCUT2D eigenvalue weighted by molar-refractivity contribution is 7.92. The van der Waals surface area contributed by atoms with E-state index in [2.05, 4.69) is 0 Å². The number of carbonyl (C=O) groups is 2. The number of amides is 2. The Hall–Kier alpha value is -2.78. The molecule has 9 nitrogen and oxygen atoms in total. The molecule has 2 aliphatic rings. The molecule has 2 N–H and O–H groups in total. The summed E-state index contributed by atoms with van der Waals surface area (Å²) in [5.41, 5.74) is 0. The van der Waals surface area contributed by atoms with Gasteiger partial charge in [0.2, 0.25) is 5.91 Å². The summed E-state index contributed by atoms with van der Waals surface area (Å²) in [6, 6.07) is 4.06. The lowest BCUT2D eigenvalue weighted by Gasteiger charge is -2.29. The van der Waals surface area contributed by atoms with Gasteiger partial charge in [0.05, 0.1) is 24.5 Å². The Bertz CT molecular complexity index is 944. The van der Waals surface area contributed by atoms with Gasteiger partial charge >= 0.3 is 6.09 Å². The lowest BCUT2D eigenvalue weighted by molar-refractivity contribution is -0.139. The first-order valence-electron chi connectivity index (χ1n) is 9.56. The molecule has 1 aromatic rings. The van der Waals surface area contributed by atoms with Gasteiger partial charge in [0, 0.05) is 25.1 Å². The van der Waals surface area contributed by atoms with Gasteiger partial charge in [0.1, 0.15) is 23.1 Å². The van der Waals surface area contributed by atoms with E-state index >= 15 is 0 Å². The molecule has 1 aliphatic heterocycles. The molecule has 2 atom stereocenters. The van der Waals surface area contributed by atoms with Crippen LogP contribution in [0.1, 0.15) is 19.3 Å². The first kappa shape index (κ1) is 24.5. The number of nitriles is 1. The second-order valence-corrected chi connectivity index (χ2v) is 9.20. The van der Waals surface area contributed by atoms with Gasteiger partial charge in [-0.25, -0.2) is 22.0 Å². The van der Waals surface area contributed by atoms with Gasteiger partial charge in [-0.15, -0.1) is 0 Å². The summed E-state index contributed by atoms with van der Waals surface area (Å²) in [4.78, 5) is 23.2. The van der Waals surface area contributed by atoms with Crippen LogP contribution < -0.4 is 5.32 Å². The second-order valence-electron chi connectivity index (χ2n) is 7.01. The lowest BCUT2D eigenvalue weighted by atomic mass is 10.1. The predicted molar refractivity (Wildman–Crippen MR) is 104 cm³/mol. The van der Waals surface area contributed by atoms with Crippen LogP contribution in [0.3, 0.4) is 0 Å². The summed E-state index contributed by atoms with van der Waals surface area (Å²) in [6.45, 7) is 1.86. The van der Waals surface area contributed by atoms with E-state index in [1.807, 2.05) is 5.32 Å². The Morgan fingerprint density at radius 2 is 1.94 bits per heavy atom. The van der Waals surface area contributed by atoms with Crippen molar-refractivity contribution in [3.8, 4) is 6.07 Å². The molecule has 1 saturated carbocycles. The van der Waals surface area contributed by atoms with E-state index in [4.69, 9.17) is 15.1 Å². The zero-order valence-corrected chi connectivity index (χ0v) is 17.4. The van der Waals surface area contributed by atoms with Gasteiger partial charge in [-0.1, -0.05) is 0 Å². The number of ether oxygens (including phenoxy) is 1. The Labute approximate surface area is 178 Å². The molecule has 0 unspecified atom stereocenters. The first-order valence-corrected chi connectivity index (χ1v) is 11.1. The number of benzene rings is 1. The SMILES string of the molecule is N#CCNC(=O)O.O=C([C@@H]1CC[C@@H](S(=O)(=O)c2ccc(F)cc2F)C1)N1CCOCC1. The topological polar surface area (TPSA) is 137 Å². The molecule has 1 aromatic carbocycles. The minimum atomic E-state index is -3.92. The van der Waals surface area contributed by atoms with Gasteiger partial charge in [0.15, 0.2) is 9.84 Å². The molecule has 2 amide bonds. The van der Waals surface area contributed by atoms with Crippen LogP contribution in [-0.4, -0.2) is 68.5 Å². The zero-order chi connectivity index (χ0) is 23.0. The fourth-order valence-electron chi connectivity index (χ4n) is 3.49. The molecule has 1 saturated heterocycles. The summed E-state index contributed by atoms with van der Waals surface area (Å²) in [5, 5.41) is 16.6. The molecule has 1 heterocycles. The Balaban J connectivity index is 0.000000423. The van der Waals surface area contributed by atoms with Gasteiger partial charge in [-0.3, -0.25) is 4.79 Å². The van der Waals surface area contributed by atoms with E-state index in [-0.39, 0.29) is 24.8 Å². The molecule has 170 valence electrons. The van der Waals surface area contributed by atoms with E-state index in [0.29, 0.717) is 45.2 Å². The highest BCUT2D eigenvalue weighted by atomic mass is 32.2. The largest absolute Gasteiger partial charge is 0.465 e. The third-order valence-corrected chi connectivity index (χ3v) is 7.26. The number of nitrogens with one attached hydrogen (secondary N) is 1. The number of sulfone groups is 1. The summed E-state index contributed by atoms with van der Waals surface area (Å²) in [6.07, 6.45) is -0.223. The van der Waals surface area contributed by atoms with Crippen molar-refractivity contribution in [2.75, 3.05) is 32.8 Å². The summed E-state index contributed by atoms with van der Waals surface area (Å²) in [7, 11) is -3.92. The number of hydrogen-bond donors (Lipinski definition) is 2. The Morgan fingerprint density at radius 3 is 2.48 bits per heavy atom. The first-order chi connectivity index (χ1) is 14.7. The van der Waals surface area contributed by atoms with E-state index in [1.165, 1.54) is 0 Å². The van der Waals surface area contributed by atoms with Gasteiger partial charge in [-0.2, -0.15) is 5.26 Å². The van der Waals surface area contributed by atoms with Gasteiger partial charge in [-0.05, 0) is 31.4 Å². The van der Waals surface area contributed by atoms with E-state index in [9.17, 15) is 26.8 Å². The highest BCUT2D eigenvalue weighted by Crippen LogP contribution is 2.35. The van der Waals surface area contributed by atoms with Gasteiger partial charge < -0.3 is 20.1 Å². The maximum atomic E-state index is 13.8. The molecule has 2 fully saturated rings. The molecule has 12 heteroatoms. The van der Waals surface area contributed by atoms with Crippen molar-refractivity contribution in [3.63, 3.8) is 0 Å². The lowest BCUT2D eigenvalue weighted by Crippen LogP contribution is -2.43. The molecular weight excluding hydrogens is 436 g/mol. The molecule has 0 aromatic heterocycles. The number of carbonyl (C=O) groups excluding carboxylic acids is 1. The van der Waals surface area contributed by atoms with Crippen molar-refractivity contribution in [1.82, 2.24) is 10.2 Å². The monoisotopic (exact) mass is 459 g/mol. The maximum Gasteiger partial charge on any atom is 0.405 e. The molecule has 1 aliphatic carbocycles. The number of carboxylic acid groups (broad SMARTS) is 1. The van der Waals surface area contributed by atoms with Crippen molar-refractivity contribution in [1.29, 1.82) is 5.26 Å². The fraction of sp³-hybridized carbons (Fsp3) is 0.526. The van der Waals surface area contributed by atoms with Crippen LogP contribution in [0.2, 0.25) is 0 Å². The van der Waals surface area contributed by atoms with Crippen LogP contribution in [0.25, 0.3) is 0 Å². The number of nitrogens with zero attached hydrogens (tertiary/aromatic N) is 2. The maximum absolute atomic E-state index is 13.8. The van der Waals surface area contributed by atoms with Crippen LogP contribution in [0.5, 0.6) is 0 Å². The minimum absolute atomic E-state index is 0.0596. The van der Waals surface area contributed by atoms with Crippen LogP contribution in [-0.2, 0) is 19.4 Å². The van der Waals surface area contributed by atoms with Crippen LogP contribution in [0.4, 0.5) is 13.6 Å². The number of rotatable bonds is 4. The average molecular weight is 459 g/mol. The smallest absolute Gasteiger partial charge is 0.405 e. The van der Waals surface area contributed by atoms with Gasteiger partial charge in [0.25, 0.3) is 0 Å². The van der Waals surface area contributed by atoms with Crippen LogP contribution in [0.15, 0.2) is 23.1 Å². The zero-order valence-electron chi connectivity index (χ0n) is 16.6. The predicted octanol–water partition coefficient (Wildman–Crippen LogP) is 1.54. The third-order valence-electron chi connectivity index (χ3n) is 5.01. The van der Waals surface area contributed by atoms with E-state index < -0.39 is 37.7 Å². The molecule has 3 rings (SSSR count). The molecule has 0 spiro atoms. The summed E-state index contributed by atoms with van der Waals surface area (Å²) >= 11 is 0. The van der Waals surface area contributed by atoms with E-state index in [0.717, 1.165) is 12.1 Å². The quantitative estimate of drug-likeness (QED) is 0.515. The fourth-order valence-corrected chi connectivity index (χ4v) is 5.37. The Kier molecular flexibility index (Phi) is 8.70. The highest BCUT2D eigenvalue weighted by Gasteiger charge is 2.40. The van der Waals surface area contributed by atoms with Crippen molar-refractivity contribution in [2.24, 2.45) is 5.92 Å². The molecule has 31 heavy (non-hydrogen) atoms. The second kappa shape index (κ2) is 11.0. The number of hydrogen-bond acceptors (Lipinski definition) is 6. The Morgan fingerprint density at radius 1 is 1.26 bits per heavy atom. The summed E-state index contributed by atoms with van der Waals surface area (Å²) < 4.78 is 57.2. The number of halogens is 2.